The van der Waals surface area contributed by atoms with Crippen LogP contribution in [0.3, 0.4) is 0 Å². The van der Waals surface area contributed by atoms with Gasteiger partial charge in [0.1, 0.15) is 5.82 Å². The number of hydrogen-bond donors (Lipinski definition) is 2. The monoisotopic (exact) mass is 674 g/mol. The fourth-order valence-corrected chi connectivity index (χ4v) is 7.94. The van der Waals surface area contributed by atoms with Gasteiger partial charge in [-0.05, 0) is 88.3 Å². The molecule has 14 heteroatoms. The first-order chi connectivity index (χ1) is 23.0. The predicted molar refractivity (Wildman–Crippen MR) is 183 cm³/mol. The molecule has 0 aliphatic carbocycles. The summed E-state index contributed by atoms with van der Waals surface area (Å²) in [5, 5.41) is 5.68. The summed E-state index contributed by atoms with van der Waals surface area (Å²) >= 11 is 0. The summed E-state index contributed by atoms with van der Waals surface area (Å²) in [5.74, 6) is 1.31. The number of amides is 3. The number of likely N-dealkylation sites (tertiary alicyclic amines) is 1. The lowest BCUT2D eigenvalue weighted by Crippen LogP contribution is -2.47. The van der Waals surface area contributed by atoms with E-state index in [0.717, 1.165) is 61.4 Å². The van der Waals surface area contributed by atoms with Crippen molar-refractivity contribution in [2.45, 2.75) is 56.9 Å². The van der Waals surface area contributed by atoms with E-state index in [1.165, 1.54) is 10.6 Å². The molecule has 254 valence electrons. The predicted octanol–water partition coefficient (Wildman–Crippen LogP) is 3.60. The van der Waals surface area contributed by atoms with Crippen LogP contribution in [0.1, 0.15) is 47.3 Å². The van der Waals surface area contributed by atoms with Crippen LogP contribution in [0.25, 0.3) is 11.4 Å². The van der Waals surface area contributed by atoms with Gasteiger partial charge in [0.15, 0.2) is 5.82 Å². The van der Waals surface area contributed by atoms with Gasteiger partial charge in [-0.2, -0.15) is 4.31 Å². The Morgan fingerprint density at radius 3 is 2.04 bits per heavy atom. The van der Waals surface area contributed by atoms with Gasteiger partial charge in [0.25, 0.3) is 5.91 Å². The van der Waals surface area contributed by atoms with E-state index in [-0.39, 0.29) is 31.1 Å². The molecule has 2 atom stereocenters. The number of aromatic nitrogens is 2. The van der Waals surface area contributed by atoms with Crippen molar-refractivity contribution < 1.29 is 22.7 Å². The molecule has 0 saturated carbocycles. The zero-order chi connectivity index (χ0) is 33.6. The molecule has 48 heavy (non-hydrogen) atoms. The first-order valence-corrected chi connectivity index (χ1v) is 18.3. The number of sulfonamides is 1. The summed E-state index contributed by atoms with van der Waals surface area (Å²) < 4.78 is 32.1. The van der Waals surface area contributed by atoms with Crippen molar-refractivity contribution in [2.24, 2.45) is 0 Å². The van der Waals surface area contributed by atoms with Crippen LogP contribution in [0, 0.1) is 0 Å². The molecule has 2 bridgehead atoms. The van der Waals surface area contributed by atoms with Gasteiger partial charge in [-0.15, -0.1) is 0 Å². The third kappa shape index (κ3) is 6.62. The van der Waals surface area contributed by atoms with Crippen molar-refractivity contribution in [3.63, 3.8) is 0 Å². The molecule has 3 fully saturated rings. The Morgan fingerprint density at radius 2 is 1.46 bits per heavy atom. The van der Waals surface area contributed by atoms with E-state index in [0.29, 0.717) is 42.0 Å². The fourth-order valence-electron chi connectivity index (χ4n) is 7.22. The Morgan fingerprint density at radius 1 is 0.854 bits per heavy atom. The number of hydrogen-bond acceptors (Lipinski definition) is 9. The molecular formula is C34H42N8O5S. The molecule has 2 aromatic carbocycles. The lowest BCUT2D eigenvalue weighted by molar-refractivity contribution is 0.0663. The van der Waals surface area contributed by atoms with Crippen LogP contribution in [-0.2, 0) is 27.8 Å². The number of piperidine rings is 1. The molecule has 3 aromatic rings. The average Bonchev–Trinajstić information content (AvgIpc) is 3.62. The molecule has 0 spiro atoms. The highest BCUT2D eigenvalue weighted by Gasteiger charge is 2.42. The van der Waals surface area contributed by atoms with E-state index in [9.17, 15) is 18.0 Å². The van der Waals surface area contributed by atoms with Crippen LogP contribution < -0.4 is 15.5 Å². The largest absolute Gasteiger partial charge is 0.377 e. The molecule has 3 amide bonds. The number of fused-ring (bicyclic) bond motifs is 3. The molecule has 3 saturated heterocycles. The summed E-state index contributed by atoms with van der Waals surface area (Å²) in [6.07, 6.45) is 5.16. The Balaban J connectivity index is 1.01. The molecule has 13 nitrogen and oxygen atoms in total. The van der Waals surface area contributed by atoms with Crippen molar-refractivity contribution in [1.29, 1.82) is 0 Å². The summed E-state index contributed by atoms with van der Waals surface area (Å²) in [6, 6.07) is 14.7. The van der Waals surface area contributed by atoms with Crippen molar-refractivity contribution in [3.05, 3.63) is 65.4 Å². The van der Waals surface area contributed by atoms with Crippen molar-refractivity contribution >= 4 is 39.2 Å². The van der Waals surface area contributed by atoms with Gasteiger partial charge >= 0.3 is 6.03 Å². The number of ether oxygens (including phenoxy) is 1. The van der Waals surface area contributed by atoms with Gasteiger partial charge in [0.05, 0.1) is 43.8 Å². The summed E-state index contributed by atoms with van der Waals surface area (Å²) in [5.41, 5.74) is 4.09. The second kappa shape index (κ2) is 13.1. The Hall–Kier alpha value is -4.11. The maximum atomic E-state index is 13.0. The van der Waals surface area contributed by atoms with Crippen molar-refractivity contribution in [3.8, 4) is 11.4 Å². The third-order valence-electron chi connectivity index (χ3n) is 9.96. The molecule has 4 aliphatic heterocycles. The smallest absolute Gasteiger partial charge is 0.323 e. The first-order valence-electron chi connectivity index (χ1n) is 16.5. The van der Waals surface area contributed by atoms with Crippen LogP contribution in [-0.4, -0.2) is 109 Å². The van der Waals surface area contributed by atoms with E-state index in [1.54, 1.807) is 36.4 Å². The van der Waals surface area contributed by atoms with Gasteiger partial charge in [0, 0.05) is 53.7 Å². The Bertz CT molecular complexity index is 1780. The van der Waals surface area contributed by atoms with Crippen LogP contribution in [0.2, 0.25) is 0 Å². The number of benzene rings is 2. The van der Waals surface area contributed by atoms with E-state index in [2.05, 4.69) is 34.5 Å². The highest BCUT2D eigenvalue weighted by Crippen LogP contribution is 2.39. The Labute approximate surface area is 281 Å². The number of carbonyl (C=O) groups is 2. The molecular weight excluding hydrogens is 632 g/mol. The van der Waals surface area contributed by atoms with Crippen LogP contribution in [0.5, 0.6) is 0 Å². The minimum absolute atomic E-state index is 0.00722. The molecule has 5 heterocycles. The highest BCUT2D eigenvalue weighted by molar-refractivity contribution is 7.88. The fraction of sp³-hybridized carbons (Fsp3) is 0.471. The second-order valence-corrected chi connectivity index (χ2v) is 15.4. The maximum absolute atomic E-state index is 13.0. The molecule has 2 N–H and O–H groups in total. The summed E-state index contributed by atoms with van der Waals surface area (Å²) in [4.78, 5) is 42.1. The van der Waals surface area contributed by atoms with Gasteiger partial charge in [-0.25, -0.2) is 23.2 Å². The van der Waals surface area contributed by atoms with Gasteiger partial charge in [-0.1, -0.05) is 0 Å². The SMILES string of the molecule is CN(C)C1CCN(C(=O)c2ccc(NC(=O)Nc3ccc(-c4nc5c(c(N6C7CCC6COC7)n4)CN(S(C)(=O)=O)C5)cc3)cc2)CC1. The number of carbonyl (C=O) groups excluding carboxylic acids is 2. The second-order valence-electron chi connectivity index (χ2n) is 13.4. The summed E-state index contributed by atoms with van der Waals surface area (Å²) in [6.45, 7) is 3.19. The number of anilines is 3. The number of nitrogens with one attached hydrogen (secondary N) is 2. The maximum Gasteiger partial charge on any atom is 0.323 e. The third-order valence-corrected chi connectivity index (χ3v) is 11.2. The molecule has 0 radical (unpaired) electrons. The van der Waals surface area contributed by atoms with Crippen LogP contribution in [0.4, 0.5) is 22.0 Å². The van der Waals surface area contributed by atoms with Gasteiger partial charge in [-0.3, -0.25) is 4.79 Å². The van der Waals surface area contributed by atoms with Crippen LogP contribution in [0.15, 0.2) is 48.5 Å². The minimum Gasteiger partial charge on any atom is -0.377 e. The number of rotatable bonds is 7. The Kier molecular flexibility index (Phi) is 8.83. The molecule has 1 aromatic heterocycles. The highest BCUT2D eigenvalue weighted by atomic mass is 32.2. The zero-order valence-corrected chi connectivity index (χ0v) is 28.4. The van der Waals surface area contributed by atoms with Crippen LogP contribution >= 0.6 is 0 Å². The quantitative estimate of drug-likeness (QED) is 0.385. The summed E-state index contributed by atoms with van der Waals surface area (Å²) in [7, 11) is 0.748. The van der Waals surface area contributed by atoms with Gasteiger partial charge < -0.3 is 30.1 Å². The lowest BCUT2D eigenvalue weighted by Gasteiger charge is -2.36. The van der Waals surface area contributed by atoms with Gasteiger partial charge in [0.2, 0.25) is 10.0 Å². The topological polar surface area (TPSA) is 140 Å². The van der Waals surface area contributed by atoms with Crippen molar-refractivity contribution in [1.82, 2.24) is 24.1 Å². The van der Waals surface area contributed by atoms with E-state index >= 15 is 0 Å². The molecule has 2 unspecified atom stereocenters. The number of morpholine rings is 1. The lowest BCUT2D eigenvalue weighted by atomic mass is 10.0. The van der Waals surface area contributed by atoms with Crippen molar-refractivity contribution in [2.75, 3.05) is 62.2 Å². The zero-order valence-electron chi connectivity index (χ0n) is 27.6. The number of nitrogens with zero attached hydrogens (tertiary/aromatic N) is 6. The normalized spacial score (nSPS) is 21.4. The molecule has 7 rings (SSSR count). The molecule has 4 aliphatic rings. The van der Waals surface area contributed by atoms with E-state index in [4.69, 9.17) is 14.7 Å². The minimum atomic E-state index is -3.40. The first kappa shape index (κ1) is 32.4. The standard InChI is InChI=1S/C34H42N8O5S/c1-39(2)26-14-16-40(17-15-26)33(43)23-6-10-25(11-7-23)36-34(44)35-24-8-4-22(5-9-24)31-37-30-19-41(48(3,45)46)18-29(30)32(38-31)42-27-12-13-28(42)21-47-20-27/h4-11,26-28H,12-21H2,1-3H3,(H2,35,36,44). The number of urea groups is 1. The van der Waals surface area contributed by atoms with E-state index < -0.39 is 16.1 Å². The average molecular weight is 675 g/mol. The van der Waals surface area contributed by atoms with E-state index in [1.807, 2.05) is 17.0 Å².